The molecule has 3 aromatic rings. The van der Waals surface area contributed by atoms with Crippen LogP contribution in [0.4, 0.5) is 5.69 Å². The third-order valence-corrected chi connectivity index (χ3v) is 8.83. The van der Waals surface area contributed by atoms with Crippen LogP contribution in [0.1, 0.15) is 50.5 Å². The van der Waals surface area contributed by atoms with Crippen LogP contribution in [-0.4, -0.2) is 62.4 Å². The number of hydrogen-bond donors (Lipinski definition) is 1. The molecular weight excluding hydrogens is 555 g/mol. The molecule has 4 rings (SSSR count). The lowest BCUT2D eigenvalue weighted by molar-refractivity contribution is -0.138. The molecule has 2 aromatic carbocycles. The Hall–Kier alpha value is -2.68. The number of nitrogens with zero attached hydrogens (tertiary/aromatic N) is 4. The third kappa shape index (κ3) is 6.91. The van der Waals surface area contributed by atoms with Gasteiger partial charge < -0.3 is 19.5 Å². The summed E-state index contributed by atoms with van der Waals surface area (Å²) in [6, 6.07) is 13.3. The van der Waals surface area contributed by atoms with E-state index >= 15 is 0 Å². The van der Waals surface area contributed by atoms with Crippen molar-refractivity contribution < 1.29 is 14.7 Å². The average molecular weight is 590 g/mol. The van der Waals surface area contributed by atoms with Gasteiger partial charge in [0.1, 0.15) is 16.3 Å². The molecule has 0 saturated carbocycles. The zero-order valence-corrected chi connectivity index (χ0v) is 24.8. The number of thioether (sulfide) groups is 1. The highest BCUT2D eigenvalue weighted by Crippen LogP contribution is 2.34. The van der Waals surface area contributed by atoms with E-state index in [4.69, 9.17) is 23.2 Å². The molecule has 0 unspecified atom stereocenters. The molecule has 1 N–H and O–H groups in total. The van der Waals surface area contributed by atoms with E-state index in [2.05, 4.69) is 16.8 Å². The van der Waals surface area contributed by atoms with Crippen LogP contribution in [0.15, 0.2) is 53.6 Å². The van der Waals surface area contributed by atoms with Gasteiger partial charge in [0.15, 0.2) is 0 Å². The summed E-state index contributed by atoms with van der Waals surface area (Å²) >= 11 is 13.6. The molecule has 0 bridgehead atoms. The minimum Gasteiger partial charge on any atom is -0.480 e. The molecule has 10 heteroatoms. The van der Waals surface area contributed by atoms with Gasteiger partial charge in [0.2, 0.25) is 0 Å². The van der Waals surface area contributed by atoms with Crippen molar-refractivity contribution in [1.82, 2.24) is 14.5 Å². The average Bonchev–Trinajstić information content (AvgIpc) is 3.34. The standard InChI is InChI=1S/C29H34Cl2N4O3S/c1-4-5-6-13-35-25(19-32-26(35)20-7-10-22(11-8-20)39-29(2,3)28(37)38)27(36)34-16-14-33(15-17-34)21-9-12-23(30)24(31)18-21/h7-12,18-19H,4-6,13-17H2,1-3H3,(H,37,38). The lowest BCUT2D eigenvalue weighted by atomic mass is 10.2. The minimum atomic E-state index is -0.927. The van der Waals surface area contributed by atoms with Gasteiger partial charge in [0.25, 0.3) is 5.91 Å². The number of piperazine rings is 1. The zero-order valence-electron chi connectivity index (χ0n) is 22.5. The maximum absolute atomic E-state index is 13.7. The molecular formula is C29H34Cl2N4O3S. The fourth-order valence-corrected chi connectivity index (χ4v) is 5.79. The SMILES string of the molecule is CCCCCn1c(C(=O)N2CCN(c3ccc(Cl)c(Cl)c3)CC2)cnc1-c1ccc(SC(C)(C)C(=O)O)cc1. The van der Waals surface area contributed by atoms with Crippen LogP contribution in [0.2, 0.25) is 10.0 Å². The molecule has 7 nitrogen and oxygen atoms in total. The van der Waals surface area contributed by atoms with E-state index in [-0.39, 0.29) is 5.91 Å². The summed E-state index contributed by atoms with van der Waals surface area (Å²) in [5, 5.41) is 10.5. The van der Waals surface area contributed by atoms with Gasteiger partial charge >= 0.3 is 5.97 Å². The largest absolute Gasteiger partial charge is 0.480 e. The Kier molecular flexibility index (Phi) is 9.51. The number of aliphatic carboxylic acids is 1. The van der Waals surface area contributed by atoms with Crippen LogP contribution in [0.5, 0.6) is 0 Å². The zero-order chi connectivity index (χ0) is 28.2. The maximum atomic E-state index is 13.7. The second-order valence-corrected chi connectivity index (χ2v) is 12.7. The Morgan fingerprint density at radius 2 is 1.69 bits per heavy atom. The molecule has 1 fully saturated rings. The maximum Gasteiger partial charge on any atom is 0.319 e. The number of aromatic nitrogens is 2. The molecule has 2 heterocycles. The van der Waals surface area contributed by atoms with Crippen LogP contribution in [0, 0.1) is 0 Å². The first-order valence-electron chi connectivity index (χ1n) is 13.2. The van der Waals surface area contributed by atoms with Crippen LogP contribution >= 0.6 is 35.0 Å². The molecule has 0 spiro atoms. The van der Waals surface area contributed by atoms with Crippen molar-refractivity contribution in [3.8, 4) is 11.4 Å². The van der Waals surface area contributed by atoms with Gasteiger partial charge in [-0.15, -0.1) is 11.8 Å². The number of hydrogen-bond acceptors (Lipinski definition) is 5. The Labute approximate surface area is 244 Å². The first-order chi connectivity index (χ1) is 18.6. The number of anilines is 1. The molecule has 1 aliphatic rings. The summed E-state index contributed by atoms with van der Waals surface area (Å²) in [5.74, 6) is -0.128. The molecule has 0 aliphatic carbocycles. The quantitative estimate of drug-likeness (QED) is 0.203. The van der Waals surface area contributed by atoms with Crippen LogP contribution in [0.25, 0.3) is 11.4 Å². The highest BCUT2D eigenvalue weighted by Gasteiger charge is 2.29. The fourth-order valence-electron chi connectivity index (χ4n) is 4.54. The molecule has 1 amide bonds. The van der Waals surface area contributed by atoms with Gasteiger partial charge in [-0.05, 0) is 50.6 Å². The van der Waals surface area contributed by atoms with Crippen molar-refractivity contribution in [3.05, 3.63) is 64.4 Å². The number of carbonyl (C=O) groups excluding carboxylic acids is 1. The van der Waals surface area contributed by atoms with E-state index < -0.39 is 10.7 Å². The van der Waals surface area contributed by atoms with Crippen LogP contribution in [0.3, 0.4) is 0 Å². The predicted octanol–water partition coefficient (Wildman–Crippen LogP) is 6.96. The smallest absolute Gasteiger partial charge is 0.319 e. The van der Waals surface area contributed by atoms with E-state index in [0.717, 1.165) is 41.2 Å². The number of amides is 1. The van der Waals surface area contributed by atoms with E-state index in [1.165, 1.54) is 11.8 Å². The van der Waals surface area contributed by atoms with Gasteiger partial charge in [-0.25, -0.2) is 4.98 Å². The van der Waals surface area contributed by atoms with Gasteiger partial charge in [0.05, 0.1) is 16.2 Å². The summed E-state index contributed by atoms with van der Waals surface area (Å²) in [7, 11) is 0. The molecule has 208 valence electrons. The Morgan fingerprint density at radius 3 is 2.31 bits per heavy atom. The number of carbonyl (C=O) groups is 2. The van der Waals surface area contributed by atoms with E-state index in [9.17, 15) is 14.7 Å². The Morgan fingerprint density at radius 1 is 1.00 bits per heavy atom. The Balaban J connectivity index is 1.51. The van der Waals surface area contributed by atoms with Crippen molar-refractivity contribution >= 4 is 52.5 Å². The number of carboxylic acid groups (broad SMARTS) is 1. The third-order valence-electron chi connectivity index (χ3n) is 6.90. The van der Waals surface area contributed by atoms with Crippen LogP contribution < -0.4 is 4.90 Å². The van der Waals surface area contributed by atoms with Crippen LogP contribution in [-0.2, 0) is 11.3 Å². The van der Waals surface area contributed by atoms with Gasteiger partial charge in [-0.1, -0.05) is 55.1 Å². The fraction of sp³-hybridized carbons (Fsp3) is 0.414. The summed E-state index contributed by atoms with van der Waals surface area (Å²) in [6.07, 6.45) is 4.78. The molecule has 1 saturated heterocycles. The van der Waals surface area contributed by atoms with Gasteiger partial charge in [0, 0.05) is 48.9 Å². The number of unbranched alkanes of at least 4 members (excludes halogenated alkanes) is 2. The van der Waals surface area contributed by atoms with E-state index in [1.807, 2.05) is 45.9 Å². The lowest BCUT2D eigenvalue weighted by Gasteiger charge is -2.36. The number of imidazole rings is 1. The van der Waals surface area contributed by atoms with Crippen molar-refractivity contribution in [2.45, 2.75) is 56.2 Å². The molecule has 39 heavy (non-hydrogen) atoms. The van der Waals surface area contributed by atoms with Crippen molar-refractivity contribution in [2.24, 2.45) is 0 Å². The number of carboxylic acids is 1. The molecule has 1 aliphatic heterocycles. The topological polar surface area (TPSA) is 78.7 Å². The summed E-state index contributed by atoms with van der Waals surface area (Å²) in [5.41, 5.74) is 2.48. The monoisotopic (exact) mass is 588 g/mol. The molecule has 1 aromatic heterocycles. The van der Waals surface area contributed by atoms with Gasteiger partial charge in [-0.3, -0.25) is 9.59 Å². The molecule has 0 atom stereocenters. The number of halogens is 2. The summed E-state index contributed by atoms with van der Waals surface area (Å²) in [6.45, 7) is 8.84. The second-order valence-electron chi connectivity index (χ2n) is 10.1. The summed E-state index contributed by atoms with van der Waals surface area (Å²) in [4.78, 5) is 34.8. The predicted molar refractivity (Wildman–Crippen MR) is 159 cm³/mol. The first-order valence-corrected chi connectivity index (χ1v) is 14.8. The first kappa shape index (κ1) is 29.3. The van der Waals surface area contributed by atoms with Gasteiger partial charge in [-0.2, -0.15) is 0 Å². The normalized spacial score (nSPS) is 14.1. The minimum absolute atomic E-state index is 0.0191. The number of rotatable bonds is 10. The Bertz CT molecular complexity index is 1320. The van der Waals surface area contributed by atoms with Crippen molar-refractivity contribution in [1.29, 1.82) is 0 Å². The van der Waals surface area contributed by atoms with Crippen molar-refractivity contribution in [3.63, 3.8) is 0 Å². The summed E-state index contributed by atoms with van der Waals surface area (Å²) < 4.78 is 1.11. The lowest BCUT2D eigenvalue weighted by Crippen LogP contribution is -2.49. The second kappa shape index (κ2) is 12.7. The number of benzene rings is 2. The molecule has 0 radical (unpaired) electrons. The van der Waals surface area contributed by atoms with E-state index in [1.54, 1.807) is 26.1 Å². The highest BCUT2D eigenvalue weighted by atomic mass is 35.5. The van der Waals surface area contributed by atoms with Crippen molar-refractivity contribution in [2.75, 3.05) is 31.1 Å². The highest BCUT2D eigenvalue weighted by molar-refractivity contribution is 8.01. The van der Waals surface area contributed by atoms with E-state index in [0.29, 0.717) is 48.5 Å².